The third-order valence-electron chi connectivity index (χ3n) is 2.50. The molecule has 1 aromatic rings. The zero-order valence-corrected chi connectivity index (χ0v) is 10.1. The molecule has 0 atom stereocenters. The van der Waals surface area contributed by atoms with Crippen LogP contribution in [-0.4, -0.2) is 34.9 Å². The standard InChI is InChI=1S/C10H15N3O3/c1-6-7(2)11-12(3)9(14)8(6)10(15)13(4)16-5/h1-5H3. The maximum absolute atomic E-state index is 11.9. The molecule has 1 heterocycles. The lowest BCUT2D eigenvalue weighted by molar-refractivity contribution is -0.0759. The van der Waals surface area contributed by atoms with Gasteiger partial charge >= 0.3 is 0 Å². The van der Waals surface area contributed by atoms with Crippen LogP contribution < -0.4 is 5.56 Å². The minimum Gasteiger partial charge on any atom is -0.274 e. The predicted molar refractivity (Wildman–Crippen MR) is 58.1 cm³/mol. The molecule has 0 N–H and O–H groups in total. The minimum atomic E-state index is -0.467. The quantitative estimate of drug-likeness (QED) is 0.666. The van der Waals surface area contributed by atoms with Gasteiger partial charge in [0.1, 0.15) is 5.56 Å². The minimum absolute atomic E-state index is 0.0966. The lowest BCUT2D eigenvalue weighted by Gasteiger charge is -2.15. The van der Waals surface area contributed by atoms with E-state index >= 15 is 0 Å². The van der Waals surface area contributed by atoms with Crippen LogP contribution in [0.25, 0.3) is 0 Å². The zero-order valence-electron chi connectivity index (χ0n) is 10.1. The first kappa shape index (κ1) is 12.4. The summed E-state index contributed by atoms with van der Waals surface area (Å²) in [5.41, 5.74) is 0.906. The number of hydrogen-bond acceptors (Lipinski definition) is 4. The molecule has 16 heavy (non-hydrogen) atoms. The van der Waals surface area contributed by atoms with Crippen LogP contribution >= 0.6 is 0 Å². The number of aryl methyl sites for hydroxylation is 2. The normalized spacial score (nSPS) is 10.3. The lowest BCUT2D eigenvalue weighted by atomic mass is 10.1. The van der Waals surface area contributed by atoms with Crippen LogP contribution in [0.2, 0.25) is 0 Å². The Hall–Kier alpha value is -1.69. The molecular formula is C10H15N3O3. The molecule has 0 aliphatic heterocycles. The molecule has 0 aliphatic carbocycles. The number of rotatable bonds is 2. The molecule has 0 saturated carbocycles. The van der Waals surface area contributed by atoms with Gasteiger partial charge in [0.2, 0.25) is 0 Å². The summed E-state index contributed by atoms with van der Waals surface area (Å²) < 4.78 is 1.15. The van der Waals surface area contributed by atoms with E-state index in [2.05, 4.69) is 5.10 Å². The summed E-state index contributed by atoms with van der Waals surface area (Å²) in [6.45, 7) is 3.44. The van der Waals surface area contributed by atoms with Crippen molar-refractivity contribution in [1.82, 2.24) is 14.8 Å². The van der Waals surface area contributed by atoms with Crippen LogP contribution in [-0.2, 0) is 11.9 Å². The molecule has 0 spiro atoms. The van der Waals surface area contributed by atoms with E-state index in [9.17, 15) is 9.59 Å². The van der Waals surface area contributed by atoms with Gasteiger partial charge in [-0.05, 0) is 19.4 Å². The number of aromatic nitrogens is 2. The highest BCUT2D eigenvalue weighted by molar-refractivity contribution is 5.94. The van der Waals surface area contributed by atoms with Crippen LogP contribution in [0.5, 0.6) is 0 Å². The first-order valence-corrected chi connectivity index (χ1v) is 4.76. The van der Waals surface area contributed by atoms with E-state index in [0.717, 1.165) is 9.75 Å². The zero-order chi connectivity index (χ0) is 12.5. The Labute approximate surface area is 93.4 Å². The van der Waals surface area contributed by atoms with Gasteiger partial charge in [0.15, 0.2) is 0 Å². The van der Waals surface area contributed by atoms with Gasteiger partial charge in [-0.25, -0.2) is 9.75 Å². The molecule has 1 rings (SSSR count). The van der Waals surface area contributed by atoms with Crippen molar-refractivity contribution in [1.29, 1.82) is 0 Å². The fourth-order valence-corrected chi connectivity index (χ4v) is 1.34. The smallest absolute Gasteiger partial charge is 0.274 e. The fourth-order valence-electron chi connectivity index (χ4n) is 1.34. The van der Waals surface area contributed by atoms with Crippen LogP contribution in [0.4, 0.5) is 0 Å². The van der Waals surface area contributed by atoms with E-state index in [0.29, 0.717) is 11.3 Å². The van der Waals surface area contributed by atoms with E-state index in [1.807, 2.05) is 0 Å². The van der Waals surface area contributed by atoms with Gasteiger partial charge in [-0.1, -0.05) is 0 Å². The topological polar surface area (TPSA) is 64.4 Å². The molecular weight excluding hydrogens is 210 g/mol. The SMILES string of the molecule is CON(C)C(=O)c1c(C)c(C)nn(C)c1=O. The van der Waals surface area contributed by atoms with Crippen molar-refractivity contribution in [2.75, 3.05) is 14.2 Å². The fraction of sp³-hybridized carbons (Fsp3) is 0.500. The second-order valence-electron chi connectivity index (χ2n) is 3.50. The molecule has 6 nitrogen and oxygen atoms in total. The van der Waals surface area contributed by atoms with Crippen molar-refractivity contribution in [3.8, 4) is 0 Å². The maximum Gasteiger partial charge on any atom is 0.283 e. The molecule has 0 bridgehead atoms. The Morgan fingerprint density at radius 2 is 2.00 bits per heavy atom. The number of amides is 1. The molecule has 1 amide bonds. The molecule has 0 unspecified atom stereocenters. The molecule has 0 aromatic carbocycles. The first-order chi connectivity index (χ1) is 7.40. The molecule has 0 radical (unpaired) electrons. The van der Waals surface area contributed by atoms with Crippen LogP contribution in [0, 0.1) is 13.8 Å². The Morgan fingerprint density at radius 3 is 2.50 bits per heavy atom. The summed E-state index contributed by atoms with van der Waals surface area (Å²) in [4.78, 5) is 28.5. The number of carbonyl (C=O) groups is 1. The second-order valence-corrected chi connectivity index (χ2v) is 3.50. The molecule has 6 heteroatoms. The van der Waals surface area contributed by atoms with E-state index in [1.54, 1.807) is 13.8 Å². The van der Waals surface area contributed by atoms with Crippen LogP contribution in [0.15, 0.2) is 4.79 Å². The van der Waals surface area contributed by atoms with Gasteiger partial charge in [0.25, 0.3) is 11.5 Å². The highest BCUT2D eigenvalue weighted by atomic mass is 16.7. The van der Waals surface area contributed by atoms with E-state index in [1.165, 1.54) is 21.2 Å². The third kappa shape index (κ3) is 1.96. The summed E-state index contributed by atoms with van der Waals surface area (Å²) in [6.07, 6.45) is 0. The number of carbonyl (C=O) groups excluding carboxylic acids is 1. The number of hydrogen-bond donors (Lipinski definition) is 0. The molecule has 88 valence electrons. The maximum atomic E-state index is 11.9. The van der Waals surface area contributed by atoms with Crippen LogP contribution in [0.1, 0.15) is 21.6 Å². The molecule has 0 fully saturated rings. The molecule has 1 aromatic heterocycles. The summed E-state index contributed by atoms with van der Waals surface area (Å²) in [7, 11) is 4.33. The number of hydroxylamine groups is 2. The summed E-state index contributed by atoms with van der Waals surface area (Å²) >= 11 is 0. The van der Waals surface area contributed by atoms with Crippen molar-refractivity contribution in [2.45, 2.75) is 13.8 Å². The Balaban J connectivity index is 3.44. The summed E-state index contributed by atoms with van der Waals surface area (Å²) in [6, 6.07) is 0. The first-order valence-electron chi connectivity index (χ1n) is 4.76. The number of nitrogens with zero attached hydrogens (tertiary/aromatic N) is 3. The van der Waals surface area contributed by atoms with Crippen molar-refractivity contribution in [3.63, 3.8) is 0 Å². The van der Waals surface area contributed by atoms with Gasteiger partial charge in [-0.3, -0.25) is 14.4 Å². The van der Waals surface area contributed by atoms with Gasteiger partial charge in [-0.2, -0.15) is 5.10 Å². The highest BCUT2D eigenvalue weighted by Crippen LogP contribution is 2.08. The average molecular weight is 225 g/mol. The van der Waals surface area contributed by atoms with Crippen molar-refractivity contribution in [2.24, 2.45) is 7.05 Å². The van der Waals surface area contributed by atoms with E-state index < -0.39 is 11.5 Å². The van der Waals surface area contributed by atoms with Gasteiger partial charge in [-0.15, -0.1) is 0 Å². The van der Waals surface area contributed by atoms with Gasteiger partial charge in [0, 0.05) is 14.1 Å². The van der Waals surface area contributed by atoms with Crippen molar-refractivity contribution in [3.05, 3.63) is 27.2 Å². The predicted octanol–water partition coefficient (Wildman–Crippen LogP) is 0.0305. The van der Waals surface area contributed by atoms with Crippen molar-refractivity contribution >= 4 is 5.91 Å². The monoisotopic (exact) mass is 225 g/mol. The average Bonchev–Trinajstić information content (AvgIpc) is 2.25. The largest absolute Gasteiger partial charge is 0.283 e. The van der Waals surface area contributed by atoms with E-state index in [-0.39, 0.29) is 5.56 Å². The highest BCUT2D eigenvalue weighted by Gasteiger charge is 2.21. The van der Waals surface area contributed by atoms with E-state index in [4.69, 9.17) is 4.84 Å². The third-order valence-corrected chi connectivity index (χ3v) is 2.50. The molecule has 0 aliphatic rings. The van der Waals surface area contributed by atoms with Gasteiger partial charge in [0.05, 0.1) is 12.8 Å². The summed E-state index contributed by atoms with van der Waals surface area (Å²) in [5, 5.41) is 5.01. The summed E-state index contributed by atoms with van der Waals surface area (Å²) in [5.74, 6) is -0.467. The lowest BCUT2D eigenvalue weighted by Crippen LogP contribution is -2.35. The van der Waals surface area contributed by atoms with Crippen molar-refractivity contribution < 1.29 is 9.63 Å². The Kier molecular flexibility index (Phi) is 3.44. The second kappa shape index (κ2) is 4.44. The van der Waals surface area contributed by atoms with Crippen LogP contribution in [0.3, 0.4) is 0 Å². The Morgan fingerprint density at radius 1 is 1.44 bits per heavy atom. The van der Waals surface area contributed by atoms with Gasteiger partial charge < -0.3 is 0 Å². The Bertz CT molecular complexity index is 479. The molecule has 0 saturated heterocycles.